The summed E-state index contributed by atoms with van der Waals surface area (Å²) in [7, 11) is 0. The van der Waals surface area contributed by atoms with Crippen molar-refractivity contribution in [2.45, 2.75) is 13.8 Å². The van der Waals surface area contributed by atoms with E-state index in [1.54, 1.807) is 13.0 Å². The van der Waals surface area contributed by atoms with Crippen molar-refractivity contribution in [3.63, 3.8) is 0 Å². The molecule has 0 aliphatic carbocycles. The second-order valence-electron chi connectivity index (χ2n) is 4.06. The summed E-state index contributed by atoms with van der Waals surface area (Å²) >= 11 is 0. The van der Waals surface area contributed by atoms with Crippen molar-refractivity contribution in [1.82, 2.24) is 14.5 Å². The molecule has 104 valence electrons. The number of carbonyl (C=O) groups is 1. The molecule has 20 heavy (non-hydrogen) atoms. The molecule has 7 nitrogen and oxygen atoms in total. The molecule has 0 fully saturated rings. The van der Waals surface area contributed by atoms with Gasteiger partial charge in [0.1, 0.15) is 11.4 Å². The van der Waals surface area contributed by atoms with E-state index in [4.69, 9.17) is 4.74 Å². The van der Waals surface area contributed by atoms with Gasteiger partial charge in [0.25, 0.3) is 5.56 Å². The van der Waals surface area contributed by atoms with Crippen molar-refractivity contribution in [3.8, 4) is 5.82 Å². The number of aromatic amines is 1. The molecule has 2 rings (SSSR count). The average molecular weight is 275 g/mol. The minimum Gasteiger partial charge on any atom is -0.462 e. The lowest BCUT2D eigenvalue weighted by Gasteiger charge is -2.06. The van der Waals surface area contributed by atoms with E-state index in [0.717, 1.165) is 16.3 Å². The first kappa shape index (κ1) is 13.7. The highest BCUT2D eigenvalue weighted by Gasteiger charge is 2.16. The van der Waals surface area contributed by atoms with Gasteiger partial charge in [0.2, 0.25) is 0 Å². The zero-order valence-electron chi connectivity index (χ0n) is 11.0. The number of ether oxygens (including phenoxy) is 1. The molecule has 0 atom stereocenters. The fourth-order valence-corrected chi connectivity index (χ4v) is 1.63. The van der Waals surface area contributed by atoms with Gasteiger partial charge in [-0.05, 0) is 25.5 Å². The lowest BCUT2D eigenvalue weighted by Crippen LogP contribution is -2.37. The van der Waals surface area contributed by atoms with Crippen LogP contribution >= 0.6 is 0 Å². The molecule has 0 aliphatic rings. The SMILES string of the molecule is CCOC(=O)c1c[nH]c(=O)n(-c2ccc(C)cn2)c1=O. The highest BCUT2D eigenvalue weighted by Crippen LogP contribution is 2.01. The minimum atomic E-state index is -0.783. The maximum absolute atomic E-state index is 12.2. The number of aromatic nitrogens is 3. The van der Waals surface area contributed by atoms with Crippen LogP contribution in [0.15, 0.2) is 34.1 Å². The second-order valence-corrected chi connectivity index (χ2v) is 4.06. The molecule has 0 spiro atoms. The Morgan fingerprint density at radius 1 is 1.40 bits per heavy atom. The Morgan fingerprint density at radius 3 is 2.75 bits per heavy atom. The Bertz CT molecular complexity index is 743. The first-order chi connectivity index (χ1) is 9.54. The lowest BCUT2D eigenvalue weighted by molar-refractivity contribution is 0.0523. The Morgan fingerprint density at radius 2 is 2.15 bits per heavy atom. The number of carbonyl (C=O) groups excluding carboxylic acids is 1. The monoisotopic (exact) mass is 275 g/mol. The molecule has 7 heteroatoms. The normalized spacial score (nSPS) is 10.3. The lowest BCUT2D eigenvalue weighted by atomic mass is 10.3. The van der Waals surface area contributed by atoms with Crippen molar-refractivity contribution in [1.29, 1.82) is 0 Å². The van der Waals surface area contributed by atoms with Gasteiger partial charge in [-0.15, -0.1) is 0 Å². The second kappa shape index (κ2) is 5.52. The van der Waals surface area contributed by atoms with Gasteiger partial charge in [-0.2, -0.15) is 0 Å². The zero-order chi connectivity index (χ0) is 14.7. The van der Waals surface area contributed by atoms with E-state index in [1.165, 1.54) is 12.3 Å². The Balaban J connectivity index is 2.62. The van der Waals surface area contributed by atoms with E-state index >= 15 is 0 Å². The van der Waals surface area contributed by atoms with Crippen LogP contribution in [0.2, 0.25) is 0 Å². The summed E-state index contributed by atoms with van der Waals surface area (Å²) in [4.78, 5) is 41.9. The fraction of sp³-hybridized carbons (Fsp3) is 0.231. The van der Waals surface area contributed by atoms with E-state index in [2.05, 4.69) is 9.97 Å². The van der Waals surface area contributed by atoms with E-state index in [9.17, 15) is 14.4 Å². The van der Waals surface area contributed by atoms with Gasteiger partial charge in [0.05, 0.1) is 6.61 Å². The topological polar surface area (TPSA) is 94.1 Å². The third kappa shape index (κ3) is 2.51. The van der Waals surface area contributed by atoms with Crippen LogP contribution in [0.3, 0.4) is 0 Å². The summed E-state index contributed by atoms with van der Waals surface area (Å²) in [6, 6.07) is 3.24. The van der Waals surface area contributed by atoms with Crippen LogP contribution in [-0.2, 0) is 4.74 Å². The van der Waals surface area contributed by atoms with Gasteiger partial charge < -0.3 is 9.72 Å². The Labute approximate surface area is 113 Å². The van der Waals surface area contributed by atoms with Gasteiger partial charge in [0.15, 0.2) is 0 Å². The molecular weight excluding hydrogens is 262 g/mol. The number of rotatable bonds is 3. The first-order valence-electron chi connectivity index (χ1n) is 5.99. The Kier molecular flexibility index (Phi) is 3.79. The number of nitrogens with zero attached hydrogens (tertiary/aromatic N) is 2. The molecule has 2 heterocycles. The van der Waals surface area contributed by atoms with Crippen LogP contribution in [0.5, 0.6) is 0 Å². The standard InChI is InChI=1S/C13H13N3O4/c1-3-20-12(18)9-7-15-13(19)16(11(9)17)10-5-4-8(2)6-14-10/h4-7H,3H2,1-2H3,(H,15,19). The van der Waals surface area contributed by atoms with E-state index in [1.807, 2.05) is 6.92 Å². The number of aryl methyl sites for hydroxylation is 1. The average Bonchev–Trinajstić information content (AvgIpc) is 2.41. The number of pyridine rings is 1. The van der Waals surface area contributed by atoms with E-state index in [-0.39, 0.29) is 18.0 Å². The van der Waals surface area contributed by atoms with Crippen LogP contribution in [0, 0.1) is 6.92 Å². The highest BCUT2D eigenvalue weighted by atomic mass is 16.5. The number of hydrogen-bond donors (Lipinski definition) is 1. The van der Waals surface area contributed by atoms with Crippen molar-refractivity contribution in [2.24, 2.45) is 0 Å². The maximum atomic E-state index is 12.2. The fourth-order valence-electron chi connectivity index (χ4n) is 1.63. The summed E-state index contributed by atoms with van der Waals surface area (Å²) < 4.78 is 5.56. The summed E-state index contributed by atoms with van der Waals surface area (Å²) in [5.74, 6) is -0.636. The molecule has 0 radical (unpaired) electrons. The van der Waals surface area contributed by atoms with Crippen LogP contribution in [0.4, 0.5) is 0 Å². The Hall–Kier alpha value is -2.70. The van der Waals surface area contributed by atoms with Crippen molar-refractivity contribution < 1.29 is 9.53 Å². The molecule has 0 unspecified atom stereocenters. The van der Waals surface area contributed by atoms with E-state index < -0.39 is 17.2 Å². The largest absolute Gasteiger partial charge is 0.462 e. The quantitative estimate of drug-likeness (QED) is 0.818. The van der Waals surface area contributed by atoms with Crippen molar-refractivity contribution >= 4 is 5.97 Å². The smallest absolute Gasteiger partial charge is 0.345 e. The molecule has 2 aromatic rings. The molecular formula is C13H13N3O4. The number of esters is 1. The molecule has 0 bridgehead atoms. The highest BCUT2D eigenvalue weighted by molar-refractivity contribution is 5.88. The first-order valence-corrected chi connectivity index (χ1v) is 5.99. The van der Waals surface area contributed by atoms with Crippen LogP contribution in [-0.4, -0.2) is 27.1 Å². The molecule has 0 aliphatic heterocycles. The van der Waals surface area contributed by atoms with Crippen LogP contribution in [0.25, 0.3) is 5.82 Å². The molecule has 0 aromatic carbocycles. The summed E-state index contributed by atoms with van der Waals surface area (Å²) in [5, 5.41) is 0. The number of nitrogens with one attached hydrogen (secondary N) is 1. The van der Waals surface area contributed by atoms with Crippen LogP contribution < -0.4 is 11.2 Å². The summed E-state index contributed by atoms with van der Waals surface area (Å²) in [6.07, 6.45) is 2.58. The van der Waals surface area contributed by atoms with Crippen molar-refractivity contribution in [3.05, 3.63) is 56.5 Å². The van der Waals surface area contributed by atoms with Crippen molar-refractivity contribution in [2.75, 3.05) is 6.61 Å². The summed E-state index contributed by atoms with van der Waals surface area (Å²) in [6.45, 7) is 3.60. The molecule has 0 saturated heterocycles. The van der Waals surface area contributed by atoms with E-state index in [0.29, 0.717) is 0 Å². The third-order valence-corrected chi connectivity index (χ3v) is 2.60. The van der Waals surface area contributed by atoms with Gasteiger partial charge in [-0.25, -0.2) is 19.1 Å². The minimum absolute atomic E-state index is 0.139. The molecule has 0 amide bonds. The summed E-state index contributed by atoms with van der Waals surface area (Å²) in [5.41, 5.74) is -0.781. The molecule has 2 aromatic heterocycles. The zero-order valence-corrected chi connectivity index (χ0v) is 11.0. The predicted molar refractivity (Wildman–Crippen MR) is 71.1 cm³/mol. The third-order valence-electron chi connectivity index (χ3n) is 2.60. The van der Waals surface area contributed by atoms with Crippen LogP contribution in [0.1, 0.15) is 22.8 Å². The van der Waals surface area contributed by atoms with Gasteiger partial charge in [-0.1, -0.05) is 6.07 Å². The number of hydrogen-bond acceptors (Lipinski definition) is 5. The maximum Gasteiger partial charge on any atom is 0.345 e. The van der Waals surface area contributed by atoms with Gasteiger partial charge in [-0.3, -0.25) is 4.79 Å². The van der Waals surface area contributed by atoms with Gasteiger partial charge >= 0.3 is 11.7 Å². The molecule has 1 N–H and O–H groups in total. The number of H-pyrrole nitrogens is 1. The molecule has 0 saturated carbocycles. The van der Waals surface area contributed by atoms with Gasteiger partial charge in [0, 0.05) is 12.4 Å². The predicted octanol–water partition coefficient (Wildman–Crippen LogP) is 0.406.